The summed E-state index contributed by atoms with van der Waals surface area (Å²) in [5, 5.41) is 19.1. The van der Waals surface area contributed by atoms with Crippen LogP contribution in [-0.4, -0.2) is 23.2 Å². The lowest BCUT2D eigenvalue weighted by Crippen LogP contribution is -2.14. The van der Waals surface area contributed by atoms with Crippen LogP contribution in [0.1, 0.15) is 11.1 Å². The summed E-state index contributed by atoms with van der Waals surface area (Å²) in [5.74, 6) is 0.00449. The number of methoxy groups -OCH3 is 1. The van der Waals surface area contributed by atoms with Crippen molar-refractivity contribution in [3.8, 4) is 23.1 Å². The van der Waals surface area contributed by atoms with Crippen molar-refractivity contribution in [3.05, 3.63) is 71.4 Å². The van der Waals surface area contributed by atoms with Crippen molar-refractivity contribution < 1.29 is 9.53 Å². The van der Waals surface area contributed by atoms with Gasteiger partial charge in [-0.05, 0) is 25.1 Å². The molecule has 2 aromatic carbocycles. The van der Waals surface area contributed by atoms with Crippen LogP contribution in [-0.2, 0) is 4.79 Å². The quantitative estimate of drug-likeness (QED) is 0.534. The first-order valence-corrected chi connectivity index (χ1v) is 8.29. The van der Waals surface area contributed by atoms with Crippen molar-refractivity contribution in [2.45, 2.75) is 6.92 Å². The van der Waals surface area contributed by atoms with E-state index in [1.54, 1.807) is 30.5 Å². The number of H-pyrrole nitrogens is 1. The molecule has 0 saturated heterocycles. The summed E-state index contributed by atoms with van der Waals surface area (Å²) in [5.41, 5.74) is 3.93. The standard InChI is InChI=1S/C21H18N4O2/c1-14-7-9-15(10-8-14)20-17(13-23-25-20)11-16(12-22)21(26)24-18-5-3-4-6-19(18)27-2/h3-11,13H,1-2H3,(H,23,25)(H,24,26). The summed E-state index contributed by atoms with van der Waals surface area (Å²) in [6.45, 7) is 2.01. The number of aromatic amines is 1. The van der Waals surface area contributed by atoms with E-state index in [-0.39, 0.29) is 5.57 Å². The third-order valence-corrected chi connectivity index (χ3v) is 4.03. The van der Waals surface area contributed by atoms with Gasteiger partial charge < -0.3 is 10.1 Å². The zero-order valence-corrected chi connectivity index (χ0v) is 15.0. The molecule has 1 heterocycles. The number of nitriles is 1. The monoisotopic (exact) mass is 358 g/mol. The van der Waals surface area contributed by atoms with Crippen molar-refractivity contribution >= 4 is 17.7 Å². The molecule has 134 valence electrons. The minimum atomic E-state index is -0.516. The van der Waals surface area contributed by atoms with Gasteiger partial charge in [-0.1, -0.05) is 42.0 Å². The Labute approximate surface area is 157 Å². The van der Waals surface area contributed by atoms with Gasteiger partial charge in [0.2, 0.25) is 0 Å². The van der Waals surface area contributed by atoms with E-state index in [9.17, 15) is 10.1 Å². The number of rotatable bonds is 5. The van der Waals surface area contributed by atoms with Crippen LogP contribution in [0.15, 0.2) is 60.3 Å². The first-order chi connectivity index (χ1) is 13.1. The van der Waals surface area contributed by atoms with E-state index >= 15 is 0 Å². The summed E-state index contributed by atoms with van der Waals surface area (Å²) in [7, 11) is 1.52. The van der Waals surface area contributed by atoms with E-state index in [0.717, 1.165) is 16.8 Å². The zero-order valence-electron chi connectivity index (χ0n) is 15.0. The minimum absolute atomic E-state index is 0.0318. The molecule has 0 atom stereocenters. The molecule has 0 aliphatic heterocycles. The second kappa shape index (κ2) is 8.02. The molecular formula is C21H18N4O2. The van der Waals surface area contributed by atoms with E-state index in [4.69, 9.17) is 4.74 Å². The Morgan fingerprint density at radius 3 is 2.67 bits per heavy atom. The minimum Gasteiger partial charge on any atom is -0.495 e. The number of hydrogen-bond acceptors (Lipinski definition) is 4. The number of para-hydroxylation sites is 2. The van der Waals surface area contributed by atoms with Gasteiger partial charge in [0.25, 0.3) is 5.91 Å². The lowest BCUT2D eigenvalue weighted by molar-refractivity contribution is -0.112. The smallest absolute Gasteiger partial charge is 0.266 e. The van der Waals surface area contributed by atoms with Crippen LogP contribution >= 0.6 is 0 Å². The second-order valence-electron chi connectivity index (χ2n) is 5.89. The average molecular weight is 358 g/mol. The predicted molar refractivity (Wildman–Crippen MR) is 104 cm³/mol. The van der Waals surface area contributed by atoms with E-state index in [1.807, 2.05) is 37.3 Å². The van der Waals surface area contributed by atoms with Gasteiger partial charge in [0.05, 0.1) is 24.7 Å². The first kappa shape index (κ1) is 18.0. The van der Waals surface area contributed by atoms with Crippen molar-refractivity contribution in [2.24, 2.45) is 0 Å². The first-order valence-electron chi connectivity index (χ1n) is 8.29. The van der Waals surface area contributed by atoms with Gasteiger partial charge in [-0.15, -0.1) is 0 Å². The molecule has 1 amide bonds. The van der Waals surface area contributed by atoms with Crippen molar-refractivity contribution in [1.29, 1.82) is 5.26 Å². The second-order valence-corrected chi connectivity index (χ2v) is 5.89. The molecule has 0 fully saturated rings. The highest BCUT2D eigenvalue weighted by Gasteiger charge is 2.14. The molecule has 0 aliphatic rings. The van der Waals surface area contributed by atoms with Crippen LogP contribution in [0, 0.1) is 18.3 Å². The van der Waals surface area contributed by atoms with Gasteiger partial charge in [-0.2, -0.15) is 10.4 Å². The number of anilines is 1. The number of hydrogen-bond donors (Lipinski definition) is 2. The highest BCUT2D eigenvalue weighted by atomic mass is 16.5. The van der Waals surface area contributed by atoms with Gasteiger partial charge in [0.15, 0.2) is 0 Å². The summed E-state index contributed by atoms with van der Waals surface area (Å²) in [4.78, 5) is 12.5. The van der Waals surface area contributed by atoms with Crippen LogP contribution < -0.4 is 10.1 Å². The van der Waals surface area contributed by atoms with E-state index in [0.29, 0.717) is 17.0 Å². The summed E-state index contributed by atoms with van der Waals surface area (Å²) < 4.78 is 5.22. The maximum atomic E-state index is 12.5. The fourth-order valence-corrected chi connectivity index (χ4v) is 2.60. The average Bonchev–Trinajstić information content (AvgIpc) is 3.15. The number of aromatic nitrogens is 2. The molecule has 0 aliphatic carbocycles. The van der Waals surface area contributed by atoms with Gasteiger partial charge in [-0.25, -0.2) is 0 Å². The molecule has 0 bridgehead atoms. The lowest BCUT2D eigenvalue weighted by Gasteiger charge is -2.09. The number of carbonyl (C=O) groups excluding carboxylic acids is 1. The highest BCUT2D eigenvalue weighted by molar-refractivity contribution is 6.10. The van der Waals surface area contributed by atoms with E-state index in [1.165, 1.54) is 13.2 Å². The number of nitrogens with zero attached hydrogens (tertiary/aromatic N) is 2. The SMILES string of the molecule is COc1ccccc1NC(=O)C(C#N)=Cc1cn[nH]c1-c1ccc(C)cc1. The van der Waals surface area contributed by atoms with Crippen molar-refractivity contribution in [1.82, 2.24) is 10.2 Å². The molecule has 0 saturated carbocycles. The van der Waals surface area contributed by atoms with Crippen LogP contribution in [0.5, 0.6) is 5.75 Å². The molecule has 2 N–H and O–H groups in total. The van der Waals surface area contributed by atoms with Crippen molar-refractivity contribution in [3.63, 3.8) is 0 Å². The Balaban J connectivity index is 1.89. The predicted octanol–water partition coefficient (Wildman–Crippen LogP) is 3.94. The Morgan fingerprint density at radius 2 is 1.96 bits per heavy atom. The van der Waals surface area contributed by atoms with Crippen LogP contribution in [0.3, 0.4) is 0 Å². The molecule has 27 heavy (non-hydrogen) atoms. The molecule has 0 spiro atoms. The molecule has 0 unspecified atom stereocenters. The third kappa shape index (κ3) is 4.05. The summed E-state index contributed by atoms with van der Waals surface area (Å²) in [6, 6.07) is 16.9. The van der Waals surface area contributed by atoms with Gasteiger partial charge in [-0.3, -0.25) is 9.89 Å². The molecule has 3 aromatic rings. The maximum absolute atomic E-state index is 12.5. The largest absolute Gasteiger partial charge is 0.495 e. The van der Waals surface area contributed by atoms with E-state index < -0.39 is 5.91 Å². The van der Waals surface area contributed by atoms with Crippen LogP contribution in [0.2, 0.25) is 0 Å². The number of nitrogens with one attached hydrogen (secondary N) is 2. The normalized spacial score (nSPS) is 10.9. The third-order valence-electron chi connectivity index (χ3n) is 4.03. The maximum Gasteiger partial charge on any atom is 0.266 e. The number of ether oxygens (including phenoxy) is 1. The van der Waals surface area contributed by atoms with Crippen LogP contribution in [0.25, 0.3) is 17.3 Å². The Bertz CT molecular complexity index is 1030. The highest BCUT2D eigenvalue weighted by Crippen LogP contribution is 2.25. The Kier molecular flexibility index (Phi) is 5.33. The number of carbonyl (C=O) groups is 1. The summed E-state index contributed by atoms with van der Waals surface area (Å²) >= 11 is 0. The Hall–Kier alpha value is -3.85. The lowest BCUT2D eigenvalue weighted by atomic mass is 10.0. The van der Waals surface area contributed by atoms with Gasteiger partial charge in [0, 0.05) is 11.1 Å². The number of aryl methyl sites for hydroxylation is 1. The van der Waals surface area contributed by atoms with Gasteiger partial charge >= 0.3 is 0 Å². The zero-order chi connectivity index (χ0) is 19.2. The molecule has 6 heteroatoms. The molecule has 3 rings (SSSR count). The van der Waals surface area contributed by atoms with Gasteiger partial charge in [0.1, 0.15) is 17.4 Å². The van der Waals surface area contributed by atoms with Crippen LogP contribution in [0.4, 0.5) is 5.69 Å². The topological polar surface area (TPSA) is 90.8 Å². The summed E-state index contributed by atoms with van der Waals surface area (Å²) in [6.07, 6.45) is 3.10. The molecular weight excluding hydrogens is 340 g/mol. The fourth-order valence-electron chi connectivity index (χ4n) is 2.60. The molecule has 0 radical (unpaired) electrons. The molecule has 6 nitrogen and oxygen atoms in total. The molecule has 1 aromatic heterocycles. The number of amides is 1. The van der Waals surface area contributed by atoms with Crippen molar-refractivity contribution in [2.75, 3.05) is 12.4 Å². The van der Waals surface area contributed by atoms with E-state index in [2.05, 4.69) is 15.5 Å². The fraction of sp³-hybridized carbons (Fsp3) is 0.0952. The number of benzene rings is 2. The Morgan fingerprint density at radius 1 is 1.22 bits per heavy atom.